The molecule has 0 aromatic heterocycles. The molecule has 1 aliphatic rings. The molecular weight excluding hydrogens is 186 g/mol. The maximum atomic E-state index is 12.8. The minimum atomic E-state index is -2.57. The summed E-state index contributed by atoms with van der Waals surface area (Å²) in [6, 6.07) is 0. The highest BCUT2D eigenvalue weighted by atomic mass is 19.3. The number of halogens is 2. The van der Waals surface area contributed by atoms with Crippen LogP contribution in [0.4, 0.5) is 8.78 Å². The van der Waals surface area contributed by atoms with Gasteiger partial charge < -0.3 is 5.73 Å². The van der Waals surface area contributed by atoms with E-state index in [-0.39, 0.29) is 6.54 Å². The molecule has 0 bridgehead atoms. The van der Waals surface area contributed by atoms with E-state index in [1.807, 2.05) is 4.90 Å². The molecular formula is C10H20F2N2. The van der Waals surface area contributed by atoms with E-state index in [1.54, 1.807) is 0 Å². The zero-order valence-corrected chi connectivity index (χ0v) is 8.81. The van der Waals surface area contributed by atoms with E-state index in [0.29, 0.717) is 12.5 Å². The van der Waals surface area contributed by atoms with Crippen LogP contribution in [0.25, 0.3) is 0 Å². The lowest BCUT2D eigenvalue weighted by Gasteiger charge is -2.23. The van der Waals surface area contributed by atoms with Crippen LogP contribution in [-0.2, 0) is 0 Å². The molecule has 0 aromatic carbocycles. The number of hydrogen-bond donors (Lipinski definition) is 1. The average molecular weight is 206 g/mol. The highest BCUT2D eigenvalue weighted by molar-refractivity contribution is 4.74. The Bertz CT molecular complexity index is 168. The van der Waals surface area contributed by atoms with Gasteiger partial charge in [-0.1, -0.05) is 0 Å². The van der Waals surface area contributed by atoms with Crippen LogP contribution >= 0.6 is 0 Å². The fraction of sp³-hybridized carbons (Fsp3) is 1.00. The summed E-state index contributed by atoms with van der Waals surface area (Å²) in [4.78, 5) is 1.86. The lowest BCUT2D eigenvalue weighted by Crippen LogP contribution is -2.35. The second kappa shape index (κ2) is 5.03. The van der Waals surface area contributed by atoms with Gasteiger partial charge in [0.25, 0.3) is 5.92 Å². The van der Waals surface area contributed by atoms with Gasteiger partial charge in [0.15, 0.2) is 0 Å². The molecule has 84 valence electrons. The molecule has 0 saturated carbocycles. The summed E-state index contributed by atoms with van der Waals surface area (Å²) in [7, 11) is 0. The third-order valence-electron chi connectivity index (χ3n) is 2.77. The summed E-state index contributed by atoms with van der Waals surface area (Å²) in [6.45, 7) is 3.13. The highest BCUT2D eigenvalue weighted by Gasteiger charge is 2.26. The van der Waals surface area contributed by atoms with Crippen molar-refractivity contribution in [1.29, 1.82) is 0 Å². The Labute approximate surface area is 84.4 Å². The molecule has 1 fully saturated rings. The van der Waals surface area contributed by atoms with Crippen LogP contribution in [0.5, 0.6) is 0 Å². The first-order valence-corrected chi connectivity index (χ1v) is 5.31. The molecule has 0 amide bonds. The van der Waals surface area contributed by atoms with E-state index < -0.39 is 5.92 Å². The minimum Gasteiger partial charge on any atom is -0.330 e. The Balaban J connectivity index is 2.34. The van der Waals surface area contributed by atoms with E-state index >= 15 is 0 Å². The highest BCUT2D eigenvalue weighted by Crippen LogP contribution is 2.20. The van der Waals surface area contributed by atoms with Gasteiger partial charge in [-0.05, 0) is 44.8 Å². The van der Waals surface area contributed by atoms with Crippen LogP contribution in [0, 0.1) is 5.92 Å². The summed E-state index contributed by atoms with van der Waals surface area (Å²) in [6.07, 6.45) is 3.05. The van der Waals surface area contributed by atoms with Crippen LogP contribution in [0.15, 0.2) is 0 Å². The van der Waals surface area contributed by atoms with Crippen LogP contribution in [0.3, 0.4) is 0 Å². The SMILES string of the molecule is CC(F)(F)CN1CCCC(CN)CC1. The summed E-state index contributed by atoms with van der Waals surface area (Å²) >= 11 is 0. The molecule has 0 spiro atoms. The lowest BCUT2D eigenvalue weighted by atomic mass is 10.0. The van der Waals surface area contributed by atoms with Crippen molar-refractivity contribution in [3.63, 3.8) is 0 Å². The van der Waals surface area contributed by atoms with Crippen molar-refractivity contribution in [3.05, 3.63) is 0 Å². The van der Waals surface area contributed by atoms with E-state index in [0.717, 1.165) is 39.3 Å². The summed E-state index contributed by atoms with van der Waals surface area (Å²) in [5, 5.41) is 0. The Hall–Kier alpha value is -0.220. The third-order valence-corrected chi connectivity index (χ3v) is 2.77. The Morgan fingerprint density at radius 2 is 2.07 bits per heavy atom. The van der Waals surface area contributed by atoms with Gasteiger partial charge in [-0.25, -0.2) is 8.78 Å². The fourth-order valence-corrected chi connectivity index (χ4v) is 2.01. The molecule has 0 aliphatic carbocycles. The van der Waals surface area contributed by atoms with Gasteiger partial charge in [0.2, 0.25) is 0 Å². The van der Waals surface area contributed by atoms with Crippen molar-refractivity contribution >= 4 is 0 Å². The quantitative estimate of drug-likeness (QED) is 0.761. The number of nitrogens with zero attached hydrogens (tertiary/aromatic N) is 1. The van der Waals surface area contributed by atoms with Crippen LogP contribution in [0.2, 0.25) is 0 Å². The third kappa shape index (κ3) is 4.33. The van der Waals surface area contributed by atoms with E-state index in [1.165, 1.54) is 0 Å². The number of likely N-dealkylation sites (tertiary alicyclic amines) is 1. The molecule has 2 N–H and O–H groups in total. The van der Waals surface area contributed by atoms with Gasteiger partial charge in [0.05, 0.1) is 6.54 Å². The monoisotopic (exact) mass is 206 g/mol. The van der Waals surface area contributed by atoms with Crippen LogP contribution in [-0.4, -0.2) is 37.0 Å². The normalized spacial score (nSPS) is 26.1. The topological polar surface area (TPSA) is 29.3 Å². The molecule has 0 aromatic rings. The first-order valence-electron chi connectivity index (χ1n) is 5.31. The smallest absolute Gasteiger partial charge is 0.257 e. The average Bonchev–Trinajstić information content (AvgIpc) is 2.27. The predicted octanol–water partition coefficient (Wildman–Crippen LogP) is 1.70. The fourth-order valence-electron chi connectivity index (χ4n) is 2.01. The van der Waals surface area contributed by atoms with Crippen LogP contribution in [0.1, 0.15) is 26.2 Å². The van der Waals surface area contributed by atoms with Gasteiger partial charge in [-0.3, -0.25) is 4.90 Å². The Kier molecular flexibility index (Phi) is 4.26. The summed E-state index contributed by atoms with van der Waals surface area (Å²) < 4.78 is 25.5. The first-order chi connectivity index (χ1) is 6.51. The molecule has 1 rings (SSSR count). The number of nitrogens with two attached hydrogens (primary N) is 1. The standard InChI is InChI=1S/C10H20F2N2/c1-10(11,12)8-14-5-2-3-9(7-13)4-6-14/h9H,2-8,13H2,1H3. The Morgan fingerprint density at radius 3 is 2.64 bits per heavy atom. The minimum absolute atomic E-state index is 0.107. The predicted molar refractivity (Wildman–Crippen MR) is 53.5 cm³/mol. The van der Waals surface area contributed by atoms with Crippen molar-refractivity contribution in [2.24, 2.45) is 11.7 Å². The van der Waals surface area contributed by atoms with E-state index in [9.17, 15) is 8.78 Å². The molecule has 1 heterocycles. The van der Waals surface area contributed by atoms with Crippen molar-refractivity contribution in [2.45, 2.75) is 32.1 Å². The Morgan fingerprint density at radius 1 is 1.36 bits per heavy atom. The lowest BCUT2D eigenvalue weighted by molar-refractivity contribution is -0.0137. The molecule has 1 unspecified atom stereocenters. The van der Waals surface area contributed by atoms with Gasteiger partial charge in [-0.2, -0.15) is 0 Å². The molecule has 0 radical (unpaired) electrons. The number of alkyl halides is 2. The molecule has 14 heavy (non-hydrogen) atoms. The number of rotatable bonds is 3. The van der Waals surface area contributed by atoms with Gasteiger partial charge in [-0.15, -0.1) is 0 Å². The number of hydrogen-bond acceptors (Lipinski definition) is 2. The maximum absolute atomic E-state index is 12.8. The first kappa shape index (κ1) is 11.9. The van der Waals surface area contributed by atoms with Gasteiger partial charge >= 0.3 is 0 Å². The molecule has 1 aliphatic heterocycles. The van der Waals surface area contributed by atoms with Crippen molar-refractivity contribution in [1.82, 2.24) is 4.90 Å². The van der Waals surface area contributed by atoms with Gasteiger partial charge in [0, 0.05) is 6.92 Å². The maximum Gasteiger partial charge on any atom is 0.257 e. The molecule has 1 saturated heterocycles. The second-order valence-corrected chi connectivity index (χ2v) is 4.38. The van der Waals surface area contributed by atoms with Crippen LogP contribution < -0.4 is 5.73 Å². The van der Waals surface area contributed by atoms with Gasteiger partial charge in [0.1, 0.15) is 0 Å². The summed E-state index contributed by atoms with van der Waals surface area (Å²) in [5.74, 6) is -2.03. The second-order valence-electron chi connectivity index (χ2n) is 4.38. The van der Waals surface area contributed by atoms with Crippen molar-refractivity contribution in [3.8, 4) is 0 Å². The zero-order chi connectivity index (χ0) is 10.6. The molecule has 4 heteroatoms. The molecule has 2 nitrogen and oxygen atoms in total. The van der Waals surface area contributed by atoms with Crippen molar-refractivity contribution in [2.75, 3.05) is 26.2 Å². The summed E-state index contributed by atoms with van der Waals surface area (Å²) in [5.41, 5.74) is 5.58. The van der Waals surface area contributed by atoms with E-state index in [4.69, 9.17) is 5.73 Å². The zero-order valence-electron chi connectivity index (χ0n) is 8.81. The molecule has 1 atom stereocenters. The van der Waals surface area contributed by atoms with Crippen molar-refractivity contribution < 1.29 is 8.78 Å². The largest absolute Gasteiger partial charge is 0.330 e. The van der Waals surface area contributed by atoms with E-state index in [2.05, 4.69) is 0 Å².